The predicted octanol–water partition coefficient (Wildman–Crippen LogP) is 5.00. The minimum absolute atomic E-state index is 0. The standard InChI is InChI=1S/C10H8Br.C4H10N.2CH3.3FH.H2Si.Zr/c1-7-5-8-3-2-4-10(11)9(8)6-7;1-4(2,3)5;;;;;;;/h2-6H,1H3;5H,1-3H3;2*1H3;3*1H;1H2;/q;-1;;;;;;;+1. The van der Waals surface area contributed by atoms with Gasteiger partial charge in [0.25, 0.3) is 0 Å². The van der Waals surface area contributed by atoms with Crippen LogP contribution in [0, 0.1) is 0 Å². The monoisotopic (exact) mass is 489 g/mol. The zero-order valence-electron chi connectivity index (χ0n) is 14.7. The van der Waals surface area contributed by atoms with Gasteiger partial charge in [-0.15, -0.1) is 0 Å². The third-order valence-electron chi connectivity index (χ3n) is 3.94. The maximum absolute atomic E-state index is 4.07. The number of benzene rings is 1. The van der Waals surface area contributed by atoms with Gasteiger partial charge in [0.05, 0.1) is 0 Å². The topological polar surface area (TPSA) is 12.0 Å². The molecule has 0 radical (unpaired) electrons. The third-order valence-corrected chi connectivity index (χ3v) is 18.4. The average Bonchev–Trinajstić information content (AvgIpc) is 2.51. The van der Waals surface area contributed by atoms with Crippen LogP contribution in [-0.2, 0) is 17.7 Å². The van der Waals surface area contributed by atoms with E-state index in [-0.39, 0.29) is 19.7 Å². The molecule has 0 bridgehead atoms. The number of nitrogens with one attached hydrogen (secondary N) is 1. The molecule has 0 saturated carbocycles. The molecule has 0 heterocycles. The van der Waals surface area contributed by atoms with Gasteiger partial charge in [-0.05, 0) is 0 Å². The Bertz CT molecular complexity index is 662. The number of rotatable bonds is 2. The third kappa shape index (κ3) is 5.38. The van der Waals surface area contributed by atoms with Crippen molar-refractivity contribution in [2.75, 3.05) is 0 Å². The fraction of sp³-hybridized carbons (Fsp3) is 0.500. The minimum atomic E-state index is -3.04. The molecule has 1 aromatic rings. The zero-order valence-corrected chi connectivity index (χ0v) is 20.2. The van der Waals surface area contributed by atoms with Crippen LogP contribution in [0.2, 0.25) is 9.26 Å². The summed E-state index contributed by atoms with van der Waals surface area (Å²) < 4.78 is 11.0. The predicted molar refractivity (Wildman–Crippen MR) is 101 cm³/mol. The van der Waals surface area contributed by atoms with E-state index in [9.17, 15) is 0 Å². The molecular formula is C16H29BrF3NSiZr. The fourth-order valence-electron chi connectivity index (χ4n) is 4.05. The molecule has 1 nitrogen and oxygen atoms in total. The Morgan fingerprint density at radius 3 is 2.13 bits per heavy atom. The van der Waals surface area contributed by atoms with E-state index in [1.54, 1.807) is 0 Å². The molecule has 0 aliphatic heterocycles. The van der Waals surface area contributed by atoms with Gasteiger partial charge in [-0.2, -0.15) is 0 Å². The molecule has 0 amide bonds. The molecule has 0 saturated heterocycles. The molecule has 1 atom stereocenters. The molecular weight excluding hydrogens is 462 g/mol. The Kier molecular flexibility index (Phi) is 8.52. The molecule has 1 N–H and O–H groups in total. The summed E-state index contributed by atoms with van der Waals surface area (Å²) in [6.07, 6.45) is 2.38. The molecule has 23 heavy (non-hydrogen) atoms. The first-order valence-electron chi connectivity index (χ1n) is 7.23. The first kappa shape index (κ1) is 25.5. The van der Waals surface area contributed by atoms with Gasteiger partial charge in [0.15, 0.2) is 0 Å². The van der Waals surface area contributed by atoms with Crippen molar-refractivity contribution >= 4 is 28.9 Å². The van der Waals surface area contributed by atoms with E-state index in [0.29, 0.717) is 3.63 Å². The molecule has 0 aromatic heterocycles. The van der Waals surface area contributed by atoms with Crippen molar-refractivity contribution in [3.8, 4) is 0 Å². The van der Waals surface area contributed by atoms with Gasteiger partial charge in [-0.1, -0.05) is 0 Å². The Labute approximate surface area is 148 Å². The van der Waals surface area contributed by atoms with Crippen molar-refractivity contribution in [1.82, 2.24) is 3.26 Å². The molecule has 1 aromatic carbocycles. The maximum atomic E-state index is 4.07. The van der Waals surface area contributed by atoms with Crippen molar-refractivity contribution in [3.63, 3.8) is 0 Å². The summed E-state index contributed by atoms with van der Waals surface area (Å²) in [7, 11) is 0. The molecule has 2 rings (SSSR count). The van der Waals surface area contributed by atoms with E-state index in [0.717, 1.165) is 0 Å². The summed E-state index contributed by atoms with van der Waals surface area (Å²) in [6, 6.07) is 6.64. The number of fused-ring (bicyclic) bond motifs is 1. The van der Waals surface area contributed by atoms with Crippen molar-refractivity contribution in [3.05, 3.63) is 39.4 Å². The quantitative estimate of drug-likeness (QED) is 0.574. The van der Waals surface area contributed by atoms with Gasteiger partial charge in [0, 0.05) is 0 Å². The van der Waals surface area contributed by atoms with Crippen LogP contribution < -0.4 is 3.26 Å². The Morgan fingerprint density at radius 2 is 1.65 bits per heavy atom. The molecule has 1 aliphatic rings. The van der Waals surface area contributed by atoms with Crippen molar-refractivity contribution < 1.29 is 31.8 Å². The maximum Gasteiger partial charge on any atom is -0.269 e. The Hall–Kier alpha value is 0.290. The van der Waals surface area contributed by atoms with Crippen LogP contribution in [0.1, 0.15) is 42.4 Å². The SMILES string of the molecule is CC1=Cc2c(Br)cccc2[CH]1[Zr]([CH3])([CH3])(=[SiH2])[NH]C(C)(C)C.F.F.F. The fourth-order valence-corrected chi connectivity index (χ4v) is 24.2. The first-order valence-corrected chi connectivity index (χ1v) is 21.5. The Balaban J connectivity index is 0. The van der Waals surface area contributed by atoms with Crippen molar-refractivity contribution in [2.24, 2.45) is 0 Å². The smallest absolute Gasteiger partial charge is 0.269 e. The van der Waals surface area contributed by atoms with Crippen LogP contribution in [0.25, 0.3) is 6.08 Å². The summed E-state index contributed by atoms with van der Waals surface area (Å²) in [6.45, 7) is 11.4. The van der Waals surface area contributed by atoms with E-state index >= 15 is 0 Å². The van der Waals surface area contributed by atoms with Gasteiger partial charge < -0.3 is 0 Å². The second kappa shape index (κ2) is 7.67. The van der Waals surface area contributed by atoms with E-state index in [1.807, 2.05) is 0 Å². The van der Waals surface area contributed by atoms with Crippen LogP contribution in [0.4, 0.5) is 14.1 Å². The summed E-state index contributed by atoms with van der Waals surface area (Å²) in [5, 5.41) is 0. The van der Waals surface area contributed by atoms with Crippen LogP contribution in [0.3, 0.4) is 0 Å². The second-order valence-electron chi connectivity index (χ2n) is 8.25. The van der Waals surface area contributed by atoms with Gasteiger partial charge in [-0.3, -0.25) is 14.1 Å². The molecule has 1 unspecified atom stereocenters. The first-order chi connectivity index (χ1) is 8.89. The van der Waals surface area contributed by atoms with Crippen LogP contribution in [0.5, 0.6) is 0 Å². The summed E-state index contributed by atoms with van der Waals surface area (Å²) in [5.41, 5.74) is 4.60. The van der Waals surface area contributed by atoms with Gasteiger partial charge >= 0.3 is 135 Å². The largest absolute Gasteiger partial charge is 0.269 e. The van der Waals surface area contributed by atoms with E-state index in [1.165, 1.54) is 21.2 Å². The normalized spacial score (nSPS) is 17.2. The molecule has 0 spiro atoms. The summed E-state index contributed by atoms with van der Waals surface area (Å²) in [4.78, 5) is 0. The van der Waals surface area contributed by atoms with Crippen LogP contribution in [-0.4, -0.2) is 12.4 Å². The van der Waals surface area contributed by atoms with E-state index in [4.69, 9.17) is 0 Å². The van der Waals surface area contributed by atoms with E-state index < -0.39 is 17.7 Å². The number of hydrogen-bond donors (Lipinski definition) is 1. The van der Waals surface area contributed by atoms with Crippen LogP contribution in [0.15, 0.2) is 28.2 Å². The summed E-state index contributed by atoms with van der Waals surface area (Å²) >= 11 is 0.671. The molecule has 1 aliphatic carbocycles. The van der Waals surface area contributed by atoms with Crippen LogP contribution >= 0.6 is 15.9 Å². The second-order valence-corrected chi connectivity index (χ2v) is 37.8. The molecule has 0 fully saturated rings. The van der Waals surface area contributed by atoms with Gasteiger partial charge in [0.2, 0.25) is 0 Å². The number of halogens is 4. The molecule has 134 valence electrons. The number of hydrogen-bond acceptors (Lipinski definition) is 1. The zero-order chi connectivity index (χ0) is 15.4. The van der Waals surface area contributed by atoms with Crippen molar-refractivity contribution in [1.29, 1.82) is 0 Å². The number of allylic oxidation sites excluding steroid dienone is 1. The van der Waals surface area contributed by atoms with Gasteiger partial charge in [0.1, 0.15) is 0 Å². The van der Waals surface area contributed by atoms with Gasteiger partial charge in [-0.25, -0.2) is 0 Å². The Morgan fingerprint density at radius 1 is 1.13 bits per heavy atom. The summed E-state index contributed by atoms with van der Waals surface area (Å²) in [5.74, 6) is 0. The minimum Gasteiger partial charge on any atom is -0.269 e. The molecule has 7 heteroatoms. The average molecular weight is 492 g/mol. The van der Waals surface area contributed by atoms with E-state index in [2.05, 4.69) is 87.3 Å². The van der Waals surface area contributed by atoms with Crippen molar-refractivity contribution in [2.45, 2.75) is 46.1 Å².